The number of carbonyl (C=O) groups excluding carboxylic acids is 3. The van der Waals surface area contributed by atoms with E-state index in [0.717, 1.165) is 0 Å². The van der Waals surface area contributed by atoms with Crippen LogP contribution in [0.2, 0.25) is 0 Å². The summed E-state index contributed by atoms with van der Waals surface area (Å²) < 4.78 is 17.6. The molecule has 1 saturated heterocycles. The van der Waals surface area contributed by atoms with Crippen molar-refractivity contribution in [1.82, 2.24) is 19.5 Å². The number of fused-ring (bicyclic) bond motifs is 1. The average molecular weight is 437 g/mol. The van der Waals surface area contributed by atoms with Gasteiger partial charge >= 0.3 is 11.9 Å². The number of hydrogen-bond acceptors (Lipinski definition) is 10. The molecule has 3 N–H and O–H groups in total. The standard InChI is InChI=1S/C18H23N5O8/c1-7(2)15(27)21-18-20-14-11(16(28)22-18)19-6-23(14)17-13(30-9(4)26)12(29-8(3)25)10(5-24)31-17/h6-7,10,12-13,17,24H,5H2,1-4H3,(H2,20,21,22,27,28)/t10-,12?,13+,17-/m1/s1. The van der Waals surface area contributed by atoms with Crippen molar-refractivity contribution in [1.29, 1.82) is 0 Å². The minimum absolute atomic E-state index is 0.0325. The molecule has 1 aliphatic heterocycles. The molecule has 1 amide bonds. The highest BCUT2D eigenvalue weighted by Gasteiger charge is 2.50. The van der Waals surface area contributed by atoms with E-state index < -0.39 is 48.6 Å². The summed E-state index contributed by atoms with van der Waals surface area (Å²) in [7, 11) is 0. The predicted octanol–water partition coefficient (Wildman–Crippen LogP) is -0.533. The van der Waals surface area contributed by atoms with Crippen molar-refractivity contribution in [3.8, 4) is 0 Å². The number of aromatic amines is 1. The number of aromatic nitrogens is 4. The zero-order chi connectivity index (χ0) is 22.9. The fourth-order valence-corrected chi connectivity index (χ4v) is 3.16. The van der Waals surface area contributed by atoms with E-state index in [1.54, 1.807) is 13.8 Å². The number of anilines is 1. The monoisotopic (exact) mass is 437 g/mol. The van der Waals surface area contributed by atoms with Gasteiger partial charge in [0.1, 0.15) is 6.10 Å². The van der Waals surface area contributed by atoms with Crippen molar-refractivity contribution in [2.24, 2.45) is 5.92 Å². The number of aliphatic hydroxyl groups is 1. The fourth-order valence-electron chi connectivity index (χ4n) is 3.16. The maximum absolute atomic E-state index is 12.4. The Balaban J connectivity index is 2.06. The number of H-pyrrole nitrogens is 1. The van der Waals surface area contributed by atoms with Crippen LogP contribution in [0.4, 0.5) is 5.95 Å². The minimum Gasteiger partial charge on any atom is -0.456 e. The Morgan fingerprint density at radius 3 is 2.48 bits per heavy atom. The molecule has 0 aromatic carbocycles. The molecule has 0 radical (unpaired) electrons. The third-order valence-electron chi connectivity index (χ3n) is 4.54. The van der Waals surface area contributed by atoms with Gasteiger partial charge in [-0.15, -0.1) is 0 Å². The Hall–Kier alpha value is -3.32. The highest BCUT2D eigenvalue weighted by molar-refractivity contribution is 5.91. The lowest BCUT2D eigenvalue weighted by molar-refractivity contribution is -0.165. The number of carbonyl (C=O) groups is 3. The number of imidazole rings is 1. The van der Waals surface area contributed by atoms with Crippen LogP contribution in [0.15, 0.2) is 11.1 Å². The Labute approximate surface area is 175 Å². The maximum atomic E-state index is 12.4. The molecule has 3 heterocycles. The Bertz CT molecular complexity index is 1060. The topological polar surface area (TPSA) is 175 Å². The van der Waals surface area contributed by atoms with Crippen LogP contribution in [0.25, 0.3) is 11.2 Å². The van der Waals surface area contributed by atoms with Crippen molar-refractivity contribution in [2.45, 2.75) is 52.2 Å². The van der Waals surface area contributed by atoms with Gasteiger partial charge in [0.2, 0.25) is 11.9 Å². The lowest BCUT2D eigenvalue weighted by atomic mass is 10.1. The van der Waals surface area contributed by atoms with Crippen LogP contribution in [0.5, 0.6) is 0 Å². The molecule has 3 rings (SSSR count). The van der Waals surface area contributed by atoms with E-state index in [2.05, 4.69) is 20.3 Å². The molecular formula is C18H23N5O8. The number of nitrogens with zero attached hydrogens (tertiary/aromatic N) is 3. The van der Waals surface area contributed by atoms with Crippen molar-refractivity contribution in [2.75, 3.05) is 11.9 Å². The van der Waals surface area contributed by atoms with E-state index in [1.807, 2.05) is 0 Å². The number of amides is 1. The second-order valence-corrected chi connectivity index (χ2v) is 7.28. The van der Waals surface area contributed by atoms with Gasteiger partial charge in [-0.2, -0.15) is 4.98 Å². The smallest absolute Gasteiger partial charge is 0.303 e. The maximum Gasteiger partial charge on any atom is 0.303 e. The number of hydrogen-bond donors (Lipinski definition) is 3. The molecule has 31 heavy (non-hydrogen) atoms. The third-order valence-corrected chi connectivity index (χ3v) is 4.54. The van der Waals surface area contributed by atoms with Crippen molar-refractivity contribution in [3.63, 3.8) is 0 Å². The highest BCUT2D eigenvalue weighted by Crippen LogP contribution is 2.35. The quantitative estimate of drug-likeness (QED) is 0.498. The predicted molar refractivity (Wildman–Crippen MR) is 104 cm³/mol. The number of rotatable bonds is 6. The van der Waals surface area contributed by atoms with Crippen LogP contribution in [-0.4, -0.2) is 67.4 Å². The number of nitrogens with one attached hydrogen (secondary N) is 2. The SMILES string of the molecule is CC(=O)OC1[C@@H](CO)O[C@@H](n2cnc3c(=O)[nH]c(NC(=O)C(C)C)nc32)[C@H]1OC(C)=O. The van der Waals surface area contributed by atoms with Gasteiger partial charge in [-0.3, -0.25) is 34.0 Å². The Morgan fingerprint density at radius 2 is 1.90 bits per heavy atom. The lowest BCUT2D eigenvalue weighted by Gasteiger charge is -2.23. The van der Waals surface area contributed by atoms with Gasteiger partial charge in [-0.25, -0.2) is 4.98 Å². The summed E-state index contributed by atoms with van der Waals surface area (Å²) in [6.45, 7) is 5.17. The van der Waals surface area contributed by atoms with E-state index in [-0.39, 0.29) is 28.9 Å². The van der Waals surface area contributed by atoms with E-state index in [0.29, 0.717) is 0 Å². The molecule has 2 aromatic heterocycles. The van der Waals surface area contributed by atoms with Crippen molar-refractivity contribution < 1.29 is 33.7 Å². The van der Waals surface area contributed by atoms with Crippen LogP contribution in [0, 0.1) is 5.92 Å². The largest absolute Gasteiger partial charge is 0.456 e. The molecule has 0 aliphatic carbocycles. The van der Waals surface area contributed by atoms with Crippen LogP contribution >= 0.6 is 0 Å². The summed E-state index contributed by atoms with van der Waals surface area (Å²) in [6, 6.07) is 0. The summed E-state index contributed by atoms with van der Waals surface area (Å²) in [6.07, 6.45) is -3.12. The number of aliphatic hydroxyl groups excluding tert-OH is 1. The molecule has 1 aliphatic rings. The van der Waals surface area contributed by atoms with Gasteiger partial charge in [0, 0.05) is 19.8 Å². The van der Waals surface area contributed by atoms with Gasteiger partial charge in [-0.05, 0) is 0 Å². The van der Waals surface area contributed by atoms with Crippen LogP contribution in [0.3, 0.4) is 0 Å². The second kappa shape index (κ2) is 8.81. The molecule has 1 fully saturated rings. The molecule has 0 spiro atoms. The van der Waals surface area contributed by atoms with E-state index in [1.165, 1.54) is 24.7 Å². The summed E-state index contributed by atoms with van der Waals surface area (Å²) in [5.41, 5.74) is -0.630. The zero-order valence-corrected chi connectivity index (χ0v) is 17.3. The number of ether oxygens (including phenoxy) is 3. The normalized spacial score (nSPS) is 23.2. The molecule has 0 bridgehead atoms. The van der Waals surface area contributed by atoms with Crippen LogP contribution < -0.4 is 10.9 Å². The summed E-state index contributed by atoms with van der Waals surface area (Å²) >= 11 is 0. The van der Waals surface area contributed by atoms with Gasteiger partial charge < -0.3 is 19.3 Å². The van der Waals surface area contributed by atoms with Gasteiger partial charge in [0.25, 0.3) is 5.56 Å². The van der Waals surface area contributed by atoms with Crippen molar-refractivity contribution >= 4 is 35.0 Å². The highest BCUT2D eigenvalue weighted by atomic mass is 16.6. The fraction of sp³-hybridized carbons (Fsp3) is 0.556. The molecular weight excluding hydrogens is 414 g/mol. The van der Waals surface area contributed by atoms with Crippen LogP contribution in [-0.2, 0) is 28.6 Å². The average Bonchev–Trinajstić information content (AvgIpc) is 3.23. The second-order valence-electron chi connectivity index (χ2n) is 7.28. The minimum atomic E-state index is -1.15. The molecule has 0 saturated carbocycles. The molecule has 168 valence electrons. The van der Waals surface area contributed by atoms with E-state index >= 15 is 0 Å². The summed E-state index contributed by atoms with van der Waals surface area (Å²) in [5, 5.41) is 12.2. The summed E-state index contributed by atoms with van der Waals surface area (Å²) in [5.74, 6) is -2.15. The molecule has 4 atom stereocenters. The number of esters is 2. The first-order valence-electron chi connectivity index (χ1n) is 9.50. The van der Waals surface area contributed by atoms with Gasteiger partial charge in [-0.1, -0.05) is 13.8 Å². The van der Waals surface area contributed by atoms with Gasteiger partial charge in [0.15, 0.2) is 29.6 Å². The molecule has 1 unspecified atom stereocenters. The zero-order valence-electron chi connectivity index (χ0n) is 17.3. The molecule has 2 aromatic rings. The first kappa shape index (κ1) is 22.4. The van der Waals surface area contributed by atoms with E-state index in [4.69, 9.17) is 14.2 Å². The van der Waals surface area contributed by atoms with Crippen LogP contribution in [0.1, 0.15) is 33.9 Å². The first-order valence-corrected chi connectivity index (χ1v) is 9.50. The third kappa shape index (κ3) is 4.56. The molecule has 13 heteroatoms. The Kier molecular flexibility index (Phi) is 6.36. The first-order chi connectivity index (χ1) is 14.6. The van der Waals surface area contributed by atoms with Crippen molar-refractivity contribution in [3.05, 3.63) is 16.7 Å². The molecule has 13 nitrogen and oxygen atoms in total. The summed E-state index contributed by atoms with van der Waals surface area (Å²) in [4.78, 5) is 58.3. The lowest BCUT2D eigenvalue weighted by Crippen LogP contribution is -2.40. The Morgan fingerprint density at radius 1 is 1.26 bits per heavy atom. The van der Waals surface area contributed by atoms with Gasteiger partial charge in [0.05, 0.1) is 12.9 Å². The van der Waals surface area contributed by atoms with E-state index in [9.17, 15) is 24.3 Å².